The van der Waals surface area contributed by atoms with Crippen molar-refractivity contribution in [1.82, 2.24) is 0 Å². The molecule has 1 aliphatic rings. The van der Waals surface area contributed by atoms with Gasteiger partial charge in [-0.25, -0.2) is 4.79 Å². The molecule has 326 valence electrons. The van der Waals surface area contributed by atoms with E-state index in [-0.39, 0.29) is 13.0 Å². The van der Waals surface area contributed by atoms with Gasteiger partial charge in [-0.05, 0) is 44.9 Å². The summed E-state index contributed by atoms with van der Waals surface area (Å²) in [6, 6.07) is 0. The van der Waals surface area contributed by atoms with Crippen molar-refractivity contribution in [2.24, 2.45) is 0 Å². The fraction of sp³-hybridized carbons (Fsp3) is 0.814. The number of ether oxygens (including phenoxy) is 4. The van der Waals surface area contributed by atoms with Crippen LogP contribution in [0.1, 0.15) is 168 Å². The second kappa shape index (κ2) is 33.8. The quantitative estimate of drug-likeness (QED) is 0.0120. The molecule has 1 saturated heterocycles. The molecule has 1 aliphatic heterocycles. The van der Waals surface area contributed by atoms with Gasteiger partial charge in [0.25, 0.3) is 10.1 Å². The fourth-order valence-corrected chi connectivity index (χ4v) is 7.10. The summed E-state index contributed by atoms with van der Waals surface area (Å²) in [4.78, 5) is 25.2. The van der Waals surface area contributed by atoms with E-state index in [9.17, 15) is 37.9 Å². The molecular weight excluding hydrogens is 741 g/mol. The summed E-state index contributed by atoms with van der Waals surface area (Å²) in [6.07, 6.45) is 28.3. The molecule has 0 bridgehead atoms. The third-order valence-corrected chi connectivity index (χ3v) is 10.5. The minimum atomic E-state index is -4.61. The predicted molar refractivity (Wildman–Crippen MR) is 219 cm³/mol. The molecule has 56 heavy (non-hydrogen) atoms. The van der Waals surface area contributed by atoms with Gasteiger partial charge in [-0.1, -0.05) is 147 Å². The molecule has 1 rings (SSSR count). The highest BCUT2D eigenvalue weighted by molar-refractivity contribution is 7.85. The first-order valence-corrected chi connectivity index (χ1v) is 23.2. The molecule has 13 heteroatoms. The summed E-state index contributed by atoms with van der Waals surface area (Å²) < 4.78 is 53.7. The van der Waals surface area contributed by atoms with Crippen molar-refractivity contribution < 1.29 is 56.8 Å². The second-order valence-electron chi connectivity index (χ2n) is 15.1. The van der Waals surface area contributed by atoms with Crippen LogP contribution in [0.2, 0.25) is 0 Å². The number of carbonyl (C=O) groups excluding carboxylic acids is 2. The number of hydrogen-bond acceptors (Lipinski definition) is 11. The van der Waals surface area contributed by atoms with E-state index in [0.29, 0.717) is 6.42 Å². The van der Waals surface area contributed by atoms with Gasteiger partial charge >= 0.3 is 11.9 Å². The number of rotatable bonds is 35. The van der Waals surface area contributed by atoms with Crippen molar-refractivity contribution in [2.45, 2.75) is 205 Å². The number of aliphatic hydroxyl groups excluding tert-OH is 3. The van der Waals surface area contributed by atoms with Crippen LogP contribution in [0.3, 0.4) is 0 Å². The Hall–Kier alpha value is -2.13. The maximum atomic E-state index is 12.7. The van der Waals surface area contributed by atoms with E-state index in [1.807, 2.05) is 6.08 Å². The van der Waals surface area contributed by atoms with Crippen LogP contribution in [0, 0.1) is 0 Å². The Bertz CT molecular complexity index is 1190. The van der Waals surface area contributed by atoms with Gasteiger partial charge in [-0.15, -0.1) is 0 Å². The van der Waals surface area contributed by atoms with E-state index < -0.39 is 71.2 Å². The standard InChI is InChI=1S/C43H76O12S/c1-3-5-7-9-11-13-15-17-18-20-21-23-25-27-29-31-38(44)52-33-36(34-53-43-42(48)41(47)40(46)37(55-43)35-56(49,50)51)54-39(45)32-30-28-26-24-22-19-16-14-12-10-8-6-4-2/h14,16,25,27,29,31,36-37,40-43,46-48H,3-13,15,17-24,26,28,30,32-35H2,1-2H3,(H,49,50,51)/b16-14+,27-25+,31-29+/t36-,37-,40-,41?,42?,43+/m1/s1. The van der Waals surface area contributed by atoms with E-state index in [1.54, 1.807) is 12.2 Å². The lowest BCUT2D eigenvalue weighted by molar-refractivity contribution is -0.297. The third-order valence-electron chi connectivity index (χ3n) is 9.80. The summed E-state index contributed by atoms with van der Waals surface area (Å²) in [7, 11) is -4.61. The smallest absolute Gasteiger partial charge is 0.330 e. The lowest BCUT2D eigenvalue weighted by Gasteiger charge is -2.40. The number of carbonyl (C=O) groups is 2. The van der Waals surface area contributed by atoms with E-state index in [4.69, 9.17) is 18.9 Å². The monoisotopic (exact) mass is 817 g/mol. The van der Waals surface area contributed by atoms with Crippen LogP contribution < -0.4 is 0 Å². The molecular formula is C43H76O12S. The van der Waals surface area contributed by atoms with Gasteiger partial charge in [0.05, 0.1) is 6.61 Å². The molecule has 1 heterocycles. The normalized spacial score (nSPS) is 21.0. The molecule has 0 spiro atoms. The van der Waals surface area contributed by atoms with Gasteiger partial charge in [0.1, 0.15) is 36.8 Å². The van der Waals surface area contributed by atoms with E-state index >= 15 is 0 Å². The van der Waals surface area contributed by atoms with Crippen LogP contribution in [0.15, 0.2) is 36.5 Å². The maximum absolute atomic E-state index is 12.7. The molecule has 0 radical (unpaired) electrons. The van der Waals surface area contributed by atoms with Crippen molar-refractivity contribution in [3.05, 3.63) is 36.5 Å². The topological polar surface area (TPSA) is 186 Å². The van der Waals surface area contributed by atoms with E-state index in [1.165, 1.54) is 96.0 Å². The average Bonchev–Trinajstić information content (AvgIpc) is 3.16. The van der Waals surface area contributed by atoms with Crippen LogP contribution in [0.25, 0.3) is 0 Å². The number of allylic oxidation sites excluding steroid dienone is 5. The van der Waals surface area contributed by atoms with E-state index in [2.05, 4.69) is 26.0 Å². The number of aliphatic hydroxyl groups is 3. The van der Waals surface area contributed by atoms with Gasteiger partial charge < -0.3 is 34.3 Å². The Balaban J connectivity index is 2.53. The Kier molecular flexibility index (Phi) is 31.3. The van der Waals surface area contributed by atoms with Crippen molar-refractivity contribution >= 4 is 22.1 Å². The van der Waals surface area contributed by atoms with E-state index in [0.717, 1.165) is 51.4 Å². The Morgan fingerprint density at radius 3 is 1.70 bits per heavy atom. The van der Waals surface area contributed by atoms with Crippen LogP contribution in [0.4, 0.5) is 0 Å². The second-order valence-corrected chi connectivity index (χ2v) is 16.6. The SMILES string of the molecule is CCCCCC/C=C/CCCCCCCC(=O)O[C@H](COC(=O)/C=C/C=C/CCCCCCCCCCCCC)CO[C@H]1O[C@H](CS(=O)(=O)O)[C@@H](O)C(O)C1O. The minimum Gasteiger partial charge on any atom is -0.458 e. The Morgan fingerprint density at radius 2 is 1.14 bits per heavy atom. The molecule has 0 aromatic heterocycles. The first kappa shape index (κ1) is 51.9. The molecule has 4 N–H and O–H groups in total. The molecule has 0 saturated carbocycles. The van der Waals surface area contributed by atoms with Gasteiger partial charge in [0.15, 0.2) is 12.4 Å². The van der Waals surface area contributed by atoms with Crippen molar-refractivity contribution in [2.75, 3.05) is 19.0 Å². The van der Waals surface area contributed by atoms with Gasteiger partial charge in [0, 0.05) is 12.5 Å². The lowest BCUT2D eigenvalue weighted by atomic mass is 10.00. The third kappa shape index (κ3) is 28.3. The highest BCUT2D eigenvalue weighted by Gasteiger charge is 2.46. The first-order valence-electron chi connectivity index (χ1n) is 21.6. The van der Waals surface area contributed by atoms with Gasteiger partial charge in [0.2, 0.25) is 0 Å². The molecule has 0 aromatic rings. The molecule has 1 fully saturated rings. The molecule has 6 atom stereocenters. The zero-order valence-electron chi connectivity index (χ0n) is 34.5. The van der Waals surface area contributed by atoms with Crippen LogP contribution in [-0.4, -0.2) is 96.0 Å². The highest BCUT2D eigenvalue weighted by atomic mass is 32.2. The Labute approximate surface area is 338 Å². The Morgan fingerprint density at radius 1 is 0.643 bits per heavy atom. The van der Waals surface area contributed by atoms with Crippen molar-refractivity contribution in [1.29, 1.82) is 0 Å². The van der Waals surface area contributed by atoms with Crippen LogP contribution in [-0.2, 0) is 38.7 Å². The molecule has 12 nitrogen and oxygen atoms in total. The van der Waals surface area contributed by atoms with Crippen LogP contribution >= 0.6 is 0 Å². The van der Waals surface area contributed by atoms with Gasteiger partial charge in [-0.2, -0.15) is 8.42 Å². The predicted octanol–water partition coefficient (Wildman–Crippen LogP) is 8.22. The molecule has 0 aromatic carbocycles. The van der Waals surface area contributed by atoms with Gasteiger partial charge in [-0.3, -0.25) is 9.35 Å². The number of esters is 2. The van der Waals surface area contributed by atoms with Crippen molar-refractivity contribution in [3.63, 3.8) is 0 Å². The van der Waals surface area contributed by atoms with Crippen molar-refractivity contribution in [3.8, 4) is 0 Å². The number of hydrogen-bond donors (Lipinski definition) is 4. The summed E-state index contributed by atoms with van der Waals surface area (Å²) in [6.45, 7) is 3.62. The maximum Gasteiger partial charge on any atom is 0.330 e. The summed E-state index contributed by atoms with van der Waals surface area (Å²) >= 11 is 0. The molecule has 2 unspecified atom stereocenters. The zero-order valence-corrected chi connectivity index (χ0v) is 35.3. The van der Waals surface area contributed by atoms with Crippen LogP contribution in [0.5, 0.6) is 0 Å². The summed E-state index contributed by atoms with van der Waals surface area (Å²) in [5, 5.41) is 30.8. The minimum absolute atomic E-state index is 0.135. The summed E-state index contributed by atoms with van der Waals surface area (Å²) in [5.41, 5.74) is 0. The zero-order chi connectivity index (χ0) is 41.3. The molecule has 0 aliphatic carbocycles. The first-order chi connectivity index (χ1) is 27.0. The summed E-state index contributed by atoms with van der Waals surface area (Å²) in [5.74, 6) is -2.26. The highest BCUT2D eigenvalue weighted by Crippen LogP contribution is 2.24. The lowest BCUT2D eigenvalue weighted by Crippen LogP contribution is -2.60. The largest absolute Gasteiger partial charge is 0.458 e. The molecule has 0 amide bonds. The number of unbranched alkanes of at least 4 members (excludes halogenated alkanes) is 20. The fourth-order valence-electron chi connectivity index (χ4n) is 6.41. The average molecular weight is 817 g/mol.